The summed E-state index contributed by atoms with van der Waals surface area (Å²) in [5.74, 6) is -1.40. The van der Waals surface area contributed by atoms with Gasteiger partial charge in [0, 0.05) is 67.1 Å². The first kappa shape index (κ1) is 30.3. The zero-order valence-corrected chi connectivity index (χ0v) is 25.9. The van der Waals surface area contributed by atoms with Crippen molar-refractivity contribution in [1.82, 2.24) is 25.0 Å². The Kier molecular flexibility index (Phi) is 8.83. The number of aromatic nitrogens is 1. The van der Waals surface area contributed by atoms with Crippen molar-refractivity contribution in [3.8, 4) is 0 Å². The van der Waals surface area contributed by atoms with Crippen LogP contribution in [0.4, 0.5) is 4.39 Å². The lowest BCUT2D eigenvalue weighted by Gasteiger charge is -2.38. The first-order valence-corrected chi connectivity index (χ1v) is 15.3. The fourth-order valence-corrected chi connectivity index (χ4v) is 6.69. The maximum atomic E-state index is 14.0. The van der Waals surface area contributed by atoms with Gasteiger partial charge < -0.3 is 25.0 Å². The standard InChI is InChI=1S/C28H32ClFN6O4S2/c1-4-40-25(37)21-20(14-34-8-9-36-17(12-34)13-35(27(36)41)15-28(2,3)26(38)39)32-23(24-31-7-10-42-24)33-22(21)18-6-5-16(30)11-19(18)29/h5-7,10-11,17,22H,4,8-9,12-15H2,1-3H3,(H,32,33)(H,38,39). The molecule has 4 heterocycles. The van der Waals surface area contributed by atoms with Crippen molar-refractivity contribution in [2.45, 2.75) is 32.9 Å². The number of carboxylic acids is 1. The van der Waals surface area contributed by atoms with Gasteiger partial charge in [-0.05, 0) is 45.1 Å². The Morgan fingerprint density at radius 3 is 2.76 bits per heavy atom. The second-order valence-corrected chi connectivity index (χ2v) is 12.7. The number of piperazine rings is 1. The van der Waals surface area contributed by atoms with E-state index in [0.717, 1.165) is 0 Å². The molecule has 3 aliphatic rings. The molecule has 2 N–H and O–H groups in total. The average molecular weight is 635 g/mol. The van der Waals surface area contributed by atoms with Crippen molar-refractivity contribution >= 4 is 58.0 Å². The van der Waals surface area contributed by atoms with E-state index in [1.165, 1.54) is 23.5 Å². The van der Waals surface area contributed by atoms with Crippen molar-refractivity contribution < 1.29 is 23.8 Å². The zero-order chi connectivity index (χ0) is 30.2. The van der Waals surface area contributed by atoms with E-state index in [-0.39, 0.29) is 17.7 Å². The number of carbonyl (C=O) groups is 2. The van der Waals surface area contributed by atoms with E-state index < -0.39 is 29.2 Å². The minimum atomic E-state index is -0.939. The summed E-state index contributed by atoms with van der Waals surface area (Å²) in [6.07, 6.45) is 1.67. The van der Waals surface area contributed by atoms with E-state index in [1.807, 2.05) is 10.3 Å². The third-order valence-corrected chi connectivity index (χ3v) is 9.17. The smallest absolute Gasteiger partial charge is 0.338 e. The molecule has 1 aromatic heterocycles. The van der Waals surface area contributed by atoms with Crippen LogP contribution >= 0.6 is 35.2 Å². The number of nitrogens with one attached hydrogen (secondary N) is 1. The number of fused-ring (bicyclic) bond motifs is 1. The molecule has 42 heavy (non-hydrogen) atoms. The van der Waals surface area contributed by atoms with E-state index >= 15 is 0 Å². The van der Waals surface area contributed by atoms with Gasteiger partial charge in [0.15, 0.2) is 16.0 Å². The molecule has 2 unspecified atom stereocenters. The van der Waals surface area contributed by atoms with Crippen molar-refractivity contribution in [2.24, 2.45) is 10.4 Å². The fourth-order valence-electron chi connectivity index (χ4n) is 5.45. The summed E-state index contributed by atoms with van der Waals surface area (Å²) in [5, 5.41) is 16.3. The van der Waals surface area contributed by atoms with Gasteiger partial charge in [-0.2, -0.15) is 0 Å². The molecule has 0 amide bonds. The Hall–Kier alpha value is -3.13. The SMILES string of the molecule is CCOC(=O)C1=C(CN2CCN3C(=S)N(CC(C)(C)C(=O)O)CC3C2)NC(c2nccs2)=NC1c1ccc(F)cc1Cl. The third-order valence-electron chi connectivity index (χ3n) is 7.57. The molecule has 2 fully saturated rings. The molecule has 0 radical (unpaired) electrons. The molecule has 2 atom stereocenters. The second kappa shape index (κ2) is 12.2. The van der Waals surface area contributed by atoms with Crippen molar-refractivity contribution in [3.05, 3.63) is 62.5 Å². The molecule has 224 valence electrons. The lowest BCUT2D eigenvalue weighted by atomic mass is 9.93. The van der Waals surface area contributed by atoms with Crippen LogP contribution in [0.15, 0.2) is 46.0 Å². The van der Waals surface area contributed by atoms with Crippen molar-refractivity contribution in [1.29, 1.82) is 0 Å². The maximum Gasteiger partial charge on any atom is 0.338 e. The van der Waals surface area contributed by atoms with Gasteiger partial charge in [-0.3, -0.25) is 14.7 Å². The minimum absolute atomic E-state index is 0.0699. The first-order chi connectivity index (χ1) is 20.0. The fraction of sp³-hybridized carbons (Fsp3) is 0.464. The van der Waals surface area contributed by atoms with Gasteiger partial charge in [0.1, 0.15) is 11.9 Å². The zero-order valence-electron chi connectivity index (χ0n) is 23.5. The number of aliphatic carboxylic acids is 1. The number of carboxylic acid groups (broad SMARTS) is 1. The molecule has 0 bridgehead atoms. The summed E-state index contributed by atoms with van der Waals surface area (Å²) in [6, 6.07) is 3.28. The van der Waals surface area contributed by atoms with Gasteiger partial charge in [-0.15, -0.1) is 11.3 Å². The number of thiazole rings is 1. The number of hydrogen-bond acceptors (Lipinski definition) is 9. The van der Waals surface area contributed by atoms with E-state index in [1.54, 1.807) is 33.0 Å². The summed E-state index contributed by atoms with van der Waals surface area (Å²) in [4.78, 5) is 40.8. The molecule has 0 aliphatic carbocycles. The van der Waals surface area contributed by atoms with E-state index in [9.17, 15) is 19.1 Å². The van der Waals surface area contributed by atoms with Crippen LogP contribution in [-0.2, 0) is 14.3 Å². The summed E-state index contributed by atoms with van der Waals surface area (Å²) in [5.41, 5.74) is 0.458. The Morgan fingerprint density at radius 1 is 1.31 bits per heavy atom. The van der Waals surface area contributed by atoms with Crippen LogP contribution < -0.4 is 5.32 Å². The molecular weight excluding hydrogens is 603 g/mol. The largest absolute Gasteiger partial charge is 0.481 e. The molecular formula is C28H32ClFN6O4S2. The highest BCUT2D eigenvalue weighted by molar-refractivity contribution is 7.80. The highest BCUT2D eigenvalue weighted by Crippen LogP contribution is 2.37. The molecule has 1 aromatic carbocycles. The molecule has 2 saturated heterocycles. The molecule has 14 heteroatoms. The second-order valence-electron chi connectivity index (χ2n) is 11.1. The van der Waals surface area contributed by atoms with E-state index in [4.69, 9.17) is 33.5 Å². The predicted molar refractivity (Wildman–Crippen MR) is 162 cm³/mol. The van der Waals surface area contributed by atoms with Crippen LogP contribution in [0.1, 0.15) is 37.4 Å². The Bertz CT molecular complexity index is 1450. The van der Waals surface area contributed by atoms with Gasteiger partial charge >= 0.3 is 11.9 Å². The van der Waals surface area contributed by atoms with E-state index in [0.29, 0.717) is 72.1 Å². The summed E-state index contributed by atoms with van der Waals surface area (Å²) in [7, 11) is 0. The van der Waals surface area contributed by atoms with Crippen LogP contribution in [0.2, 0.25) is 5.02 Å². The van der Waals surface area contributed by atoms with Crippen LogP contribution in [0.3, 0.4) is 0 Å². The van der Waals surface area contributed by atoms with E-state index in [2.05, 4.69) is 20.1 Å². The maximum absolute atomic E-state index is 14.0. The summed E-state index contributed by atoms with van der Waals surface area (Å²) >= 11 is 13.6. The molecule has 5 rings (SSSR count). The molecule has 10 nitrogen and oxygen atoms in total. The number of thiocarbonyl (C=S) groups is 1. The molecule has 0 saturated carbocycles. The van der Waals surface area contributed by atoms with Crippen LogP contribution in [0.5, 0.6) is 0 Å². The predicted octanol–water partition coefficient (Wildman–Crippen LogP) is 3.54. The number of esters is 1. The molecule has 3 aliphatic heterocycles. The van der Waals surface area contributed by atoms with Gasteiger partial charge in [0.2, 0.25) is 0 Å². The number of carbonyl (C=O) groups excluding carboxylic acids is 1. The number of rotatable bonds is 9. The van der Waals surface area contributed by atoms with Gasteiger partial charge in [0.25, 0.3) is 0 Å². The Morgan fingerprint density at radius 2 is 2.10 bits per heavy atom. The number of amidine groups is 1. The van der Waals surface area contributed by atoms with Crippen molar-refractivity contribution in [2.75, 3.05) is 45.9 Å². The van der Waals surface area contributed by atoms with Crippen LogP contribution in [0.25, 0.3) is 0 Å². The van der Waals surface area contributed by atoms with Gasteiger partial charge in [0.05, 0.1) is 23.6 Å². The lowest BCUT2D eigenvalue weighted by molar-refractivity contribution is -0.147. The quantitative estimate of drug-likeness (QED) is 0.314. The first-order valence-electron chi connectivity index (χ1n) is 13.6. The monoisotopic (exact) mass is 634 g/mol. The number of aliphatic imine (C=N–C) groups is 1. The highest BCUT2D eigenvalue weighted by Gasteiger charge is 2.42. The molecule has 0 spiro atoms. The number of nitrogens with zero attached hydrogens (tertiary/aromatic N) is 5. The normalized spacial score (nSPS) is 21.3. The van der Waals surface area contributed by atoms with Crippen LogP contribution in [0, 0.1) is 11.2 Å². The Labute approximate surface area is 257 Å². The number of ether oxygens (including phenoxy) is 1. The van der Waals surface area contributed by atoms with Crippen LogP contribution in [-0.4, -0.2) is 99.6 Å². The molecule has 2 aromatic rings. The van der Waals surface area contributed by atoms with Gasteiger partial charge in [-0.1, -0.05) is 17.7 Å². The minimum Gasteiger partial charge on any atom is -0.481 e. The van der Waals surface area contributed by atoms with Crippen molar-refractivity contribution in [3.63, 3.8) is 0 Å². The van der Waals surface area contributed by atoms with Gasteiger partial charge in [-0.25, -0.2) is 14.2 Å². The topological polar surface area (TPSA) is 111 Å². The summed E-state index contributed by atoms with van der Waals surface area (Å²) in [6.45, 7) is 8.60. The summed E-state index contributed by atoms with van der Waals surface area (Å²) < 4.78 is 19.4. The number of halogens is 2. The lowest BCUT2D eigenvalue weighted by Crippen LogP contribution is -2.53. The third kappa shape index (κ3) is 6.14. The number of benzene rings is 1. The number of hydrogen-bond donors (Lipinski definition) is 2. The highest BCUT2D eigenvalue weighted by atomic mass is 35.5. The Balaban J connectivity index is 1.45. The average Bonchev–Trinajstić information content (AvgIpc) is 3.57.